The molecule has 1 amide bonds. The minimum absolute atomic E-state index is 0.247. The Morgan fingerprint density at radius 1 is 0.871 bits per heavy atom. The first-order chi connectivity index (χ1) is 15.2. The van der Waals surface area contributed by atoms with Crippen molar-refractivity contribution in [1.82, 2.24) is 5.32 Å². The molecule has 5 heteroatoms. The van der Waals surface area contributed by atoms with E-state index < -0.39 is 0 Å². The highest BCUT2D eigenvalue weighted by Gasteiger charge is 2.09. The fraction of sp³-hybridized carbons (Fsp3) is 0.231. The van der Waals surface area contributed by atoms with E-state index in [4.69, 9.17) is 17.0 Å². The highest BCUT2D eigenvalue weighted by molar-refractivity contribution is 7.80. The predicted molar refractivity (Wildman–Crippen MR) is 132 cm³/mol. The molecule has 3 rings (SSSR count). The molecule has 0 saturated carbocycles. The molecular weight excluding hydrogens is 404 g/mol. The van der Waals surface area contributed by atoms with Gasteiger partial charge in [-0.2, -0.15) is 0 Å². The summed E-state index contributed by atoms with van der Waals surface area (Å²) in [5, 5.41) is 6.03. The number of unbranched alkanes of at least 4 members (excludes halogenated alkanes) is 3. The van der Waals surface area contributed by atoms with Gasteiger partial charge in [-0.3, -0.25) is 10.1 Å². The number of hydrogen-bond acceptors (Lipinski definition) is 3. The second kappa shape index (κ2) is 11.9. The molecule has 31 heavy (non-hydrogen) atoms. The van der Waals surface area contributed by atoms with Crippen LogP contribution in [0.3, 0.4) is 0 Å². The quantitative estimate of drug-likeness (QED) is 0.302. The smallest absolute Gasteiger partial charge is 0.257 e. The number of thiocarbonyl (C=S) groups is 1. The Hall–Kier alpha value is -3.18. The van der Waals surface area contributed by atoms with E-state index >= 15 is 0 Å². The highest BCUT2D eigenvalue weighted by atomic mass is 32.1. The van der Waals surface area contributed by atoms with Crippen molar-refractivity contribution in [1.29, 1.82) is 0 Å². The Kier molecular flexibility index (Phi) is 8.61. The van der Waals surface area contributed by atoms with Crippen LogP contribution in [0.4, 0.5) is 5.69 Å². The van der Waals surface area contributed by atoms with E-state index in [9.17, 15) is 4.79 Å². The van der Waals surface area contributed by atoms with Crippen LogP contribution in [-0.4, -0.2) is 17.6 Å². The molecule has 0 aliphatic heterocycles. The zero-order chi connectivity index (χ0) is 21.9. The van der Waals surface area contributed by atoms with Gasteiger partial charge in [0.15, 0.2) is 5.11 Å². The van der Waals surface area contributed by atoms with E-state index in [1.54, 1.807) is 12.1 Å². The molecule has 2 N–H and O–H groups in total. The van der Waals surface area contributed by atoms with E-state index in [0.29, 0.717) is 12.2 Å². The first-order valence-corrected chi connectivity index (χ1v) is 11.1. The summed E-state index contributed by atoms with van der Waals surface area (Å²) >= 11 is 5.31. The van der Waals surface area contributed by atoms with E-state index in [2.05, 4.69) is 17.6 Å². The van der Waals surface area contributed by atoms with Gasteiger partial charge in [0.1, 0.15) is 5.75 Å². The molecule has 3 aromatic rings. The second-order valence-corrected chi connectivity index (χ2v) is 7.70. The number of hydrogen-bond donors (Lipinski definition) is 2. The normalized spacial score (nSPS) is 10.4. The summed E-state index contributed by atoms with van der Waals surface area (Å²) in [4.78, 5) is 12.5. The summed E-state index contributed by atoms with van der Waals surface area (Å²) in [5.74, 6) is 0.535. The van der Waals surface area contributed by atoms with Crippen molar-refractivity contribution in [3.05, 3.63) is 84.4 Å². The monoisotopic (exact) mass is 432 g/mol. The van der Waals surface area contributed by atoms with Crippen molar-refractivity contribution in [3.8, 4) is 16.9 Å². The highest BCUT2D eigenvalue weighted by Crippen LogP contribution is 2.20. The first kappa shape index (κ1) is 22.5. The van der Waals surface area contributed by atoms with Gasteiger partial charge in [0.2, 0.25) is 0 Å². The summed E-state index contributed by atoms with van der Waals surface area (Å²) in [7, 11) is 0. The summed E-state index contributed by atoms with van der Waals surface area (Å²) < 4.78 is 5.80. The van der Waals surface area contributed by atoms with E-state index in [1.165, 1.54) is 19.3 Å². The fourth-order valence-corrected chi connectivity index (χ4v) is 3.38. The summed E-state index contributed by atoms with van der Waals surface area (Å²) in [6.07, 6.45) is 4.66. The second-order valence-electron chi connectivity index (χ2n) is 7.29. The SMILES string of the molecule is CCCCCCOc1cccc(NC(=S)NC(=O)c2ccc(-c3ccccc3)cc2)c1. The van der Waals surface area contributed by atoms with Crippen molar-refractivity contribution in [2.75, 3.05) is 11.9 Å². The number of nitrogens with one attached hydrogen (secondary N) is 2. The maximum atomic E-state index is 12.5. The minimum atomic E-state index is -0.250. The van der Waals surface area contributed by atoms with Gasteiger partial charge < -0.3 is 10.1 Å². The lowest BCUT2D eigenvalue weighted by Crippen LogP contribution is -2.34. The fourth-order valence-electron chi connectivity index (χ4n) is 3.16. The molecule has 0 aliphatic carbocycles. The molecule has 3 aromatic carbocycles. The number of amides is 1. The lowest BCUT2D eigenvalue weighted by Gasteiger charge is -2.12. The molecule has 0 heterocycles. The van der Waals surface area contributed by atoms with Crippen LogP contribution in [0, 0.1) is 0 Å². The molecule has 0 atom stereocenters. The summed E-state index contributed by atoms with van der Waals surface area (Å²) in [6, 6.07) is 25.1. The predicted octanol–water partition coefficient (Wildman–Crippen LogP) is 6.44. The van der Waals surface area contributed by atoms with Gasteiger partial charge in [-0.15, -0.1) is 0 Å². The average molecular weight is 433 g/mol. The third kappa shape index (κ3) is 7.23. The van der Waals surface area contributed by atoms with Gasteiger partial charge in [0.25, 0.3) is 5.91 Å². The van der Waals surface area contributed by atoms with Crippen molar-refractivity contribution in [3.63, 3.8) is 0 Å². The van der Waals surface area contributed by atoms with Crippen molar-refractivity contribution in [2.45, 2.75) is 32.6 Å². The summed E-state index contributed by atoms with van der Waals surface area (Å²) in [5.41, 5.74) is 3.49. The molecule has 0 spiro atoms. The molecule has 0 fully saturated rings. The van der Waals surface area contributed by atoms with Crippen LogP contribution >= 0.6 is 12.2 Å². The van der Waals surface area contributed by atoms with Crippen LogP contribution in [0.15, 0.2) is 78.9 Å². The first-order valence-electron chi connectivity index (χ1n) is 10.7. The van der Waals surface area contributed by atoms with Crippen molar-refractivity contribution < 1.29 is 9.53 Å². The molecule has 0 saturated heterocycles. The molecule has 0 unspecified atom stereocenters. The molecule has 0 radical (unpaired) electrons. The number of ether oxygens (including phenoxy) is 1. The minimum Gasteiger partial charge on any atom is -0.494 e. The van der Waals surface area contributed by atoms with Crippen LogP contribution in [0.2, 0.25) is 0 Å². The standard InChI is InChI=1S/C26H28N2O2S/c1-2-3-4-8-18-30-24-13-9-12-23(19-24)27-26(31)28-25(29)22-16-14-21(15-17-22)20-10-6-5-7-11-20/h5-7,9-17,19H,2-4,8,18H2,1H3,(H2,27,28,29,31). The van der Waals surface area contributed by atoms with Crippen LogP contribution in [0.25, 0.3) is 11.1 Å². The number of rotatable bonds is 9. The third-order valence-electron chi connectivity index (χ3n) is 4.84. The van der Waals surface area contributed by atoms with Crippen LogP contribution in [0.1, 0.15) is 43.0 Å². The van der Waals surface area contributed by atoms with Gasteiger partial charge in [-0.05, 0) is 54.0 Å². The number of benzene rings is 3. The number of anilines is 1. The lowest BCUT2D eigenvalue weighted by molar-refractivity contribution is 0.0978. The number of carbonyl (C=O) groups is 1. The zero-order valence-corrected chi connectivity index (χ0v) is 18.6. The molecule has 4 nitrogen and oxygen atoms in total. The van der Waals surface area contributed by atoms with Crippen LogP contribution in [-0.2, 0) is 0 Å². The Labute approximate surface area is 189 Å². The van der Waals surface area contributed by atoms with E-state index in [1.807, 2.05) is 66.7 Å². The third-order valence-corrected chi connectivity index (χ3v) is 5.04. The maximum Gasteiger partial charge on any atom is 0.257 e. The molecular formula is C26H28N2O2S. The average Bonchev–Trinajstić information content (AvgIpc) is 2.80. The molecule has 0 bridgehead atoms. The van der Waals surface area contributed by atoms with Gasteiger partial charge in [0, 0.05) is 17.3 Å². The van der Waals surface area contributed by atoms with Gasteiger partial charge in [0.05, 0.1) is 6.61 Å². The van der Waals surface area contributed by atoms with Gasteiger partial charge in [-0.25, -0.2) is 0 Å². The lowest BCUT2D eigenvalue weighted by atomic mass is 10.0. The van der Waals surface area contributed by atoms with Gasteiger partial charge in [-0.1, -0.05) is 74.7 Å². The van der Waals surface area contributed by atoms with E-state index in [0.717, 1.165) is 29.0 Å². The Balaban J connectivity index is 1.51. The Bertz CT molecular complexity index is 988. The molecule has 160 valence electrons. The topological polar surface area (TPSA) is 50.4 Å². The molecule has 0 aromatic heterocycles. The maximum absolute atomic E-state index is 12.5. The Morgan fingerprint density at radius 3 is 2.35 bits per heavy atom. The van der Waals surface area contributed by atoms with Gasteiger partial charge >= 0.3 is 0 Å². The van der Waals surface area contributed by atoms with Crippen molar-refractivity contribution >= 4 is 28.9 Å². The molecule has 0 aliphatic rings. The number of carbonyl (C=O) groups excluding carboxylic acids is 1. The Morgan fingerprint density at radius 2 is 1.61 bits per heavy atom. The summed E-state index contributed by atoms with van der Waals surface area (Å²) in [6.45, 7) is 2.89. The van der Waals surface area contributed by atoms with Crippen molar-refractivity contribution in [2.24, 2.45) is 0 Å². The van der Waals surface area contributed by atoms with Crippen LogP contribution < -0.4 is 15.4 Å². The largest absolute Gasteiger partial charge is 0.494 e. The zero-order valence-electron chi connectivity index (χ0n) is 17.8. The van der Waals surface area contributed by atoms with Crippen LogP contribution in [0.5, 0.6) is 5.75 Å². The van der Waals surface area contributed by atoms with E-state index in [-0.39, 0.29) is 11.0 Å².